The molecular weight excluding hydrogens is 382 g/mol. The highest BCUT2D eigenvalue weighted by Gasteiger charge is 2.24. The molecule has 1 aliphatic rings. The van der Waals surface area contributed by atoms with Gasteiger partial charge in [0.15, 0.2) is 0 Å². The van der Waals surface area contributed by atoms with E-state index in [9.17, 15) is 5.11 Å². The molecule has 0 saturated carbocycles. The highest BCUT2D eigenvalue weighted by atomic mass is 32.1. The third kappa shape index (κ3) is 8.26. The maximum absolute atomic E-state index is 10.1. The van der Waals surface area contributed by atoms with Crippen LogP contribution in [0.5, 0.6) is 5.75 Å². The van der Waals surface area contributed by atoms with Crippen molar-refractivity contribution in [3.8, 4) is 5.75 Å². The number of ether oxygens (including phenoxy) is 2. The number of hydrogen-bond acceptors (Lipinski definition) is 6. The molecule has 2 aromatic rings. The SMILES string of the molecule is O=C(O)O.OC1CNCCC1c1ccc(OCCCOCc2cccs2)cc1. The molecule has 28 heavy (non-hydrogen) atoms. The van der Waals surface area contributed by atoms with Crippen molar-refractivity contribution in [2.45, 2.75) is 31.5 Å². The molecule has 0 spiro atoms. The molecule has 1 fully saturated rings. The molecule has 2 heterocycles. The zero-order valence-electron chi connectivity index (χ0n) is 15.6. The average Bonchev–Trinajstić information content (AvgIpc) is 3.19. The Balaban J connectivity index is 0.000000640. The van der Waals surface area contributed by atoms with E-state index in [0.717, 1.165) is 25.1 Å². The molecule has 3 rings (SSSR count). The first-order valence-corrected chi connectivity index (χ1v) is 10.1. The van der Waals surface area contributed by atoms with Crippen molar-refractivity contribution in [3.63, 3.8) is 0 Å². The second-order valence-corrected chi connectivity index (χ2v) is 7.38. The summed E-state index contributed by atoms with van der Waals surface area (Å²) in [6.07, 6.45) is -0.283. The second kappa shape index (κ2) is 12.4. The zero-order chi connectivity index (χ0) is 20.2. The van der Waals surface area contributed by atoms with Gasteiger partial charge in [-0.05, 0) is 42.1 Å². The summed E-state index contributed by atoms with van der Waals surface area (Å²) in [5.74, 6) is 1.10. The Morgan fingerprint density at radius 1 is 1.18 bits per heavy atom. The number of β-amino-alcohol motifs (C(OH)–C–C–N with tert-alkyl or cyclic N) is 1. The molecule has 0 bridgehead atoms. The van der Waals surface area contributed by atoms with Crippen molar-refractivity contribution in [2.75, 3.05) is 26.3 Å². The lowest BCUT2D eigenvalue weighted by atomic mass is 9.88. The lowest BCUT2D eigenvalue weighted by Gasteiger charge is -2.28. The van der Waals surface area contributed by atoms with Crippen LogP contribution >= 0.6 is 11.3 Å². The number of nitrogens with one attached hydrogen (secondary N) is 1. The van der Waals surface area contributed by atoms with Gasteiger partial charge in [-0.3, -0.25) is 0 Å². The van der Waals surface area contributed by atoms with Crippen LogP contribution in [0, 0.1) is 0 Å². The van der Waals surface area contributed by atoms with E-state index in [-0.39, 0.29) is 12.0 Å². The van der Waals surface area contributed by atoms with Crippen LogP contribution in [-0.4, -0.2) is 53.9 Å². The summed E-state index contributed by atoms with van der Waals surface area (Å²) in [4.78, 5) is 9.81. The Hall–Kier alpha value is -2.13. The van der Waals surface area contributed by atoms with Crippen LogP contribution in [-0.2, 0) is 11.3 Å². The molecular formula is C20H27NO6S. The number of rotatable bonds is 8. The van der Waals surface area contributed by atoms with Crippen molar-refractivity contribution < 1.29 is 29.6 Å². The maximum atomic E-state index is 10.1. The van der Waals surface area contributed by atoms with Gasteiger partial charge in [0.25, 0.3) is 0 Å². The van der Waals surface area contributed by atoms with Crippen molar-refractivity contribution in [1.82, 2.24) is 5.32 Å². The van der Waals surface area contributed by atoms with E-state index in [1.165, 1.54) is 10.4 Å². The molecule has 1 aromatic carbocycles. The minimum atomic E-state index is -1.83. The van der Waals surface area contributed by atoms with Crippen LogP contribution in [0.2, 0.25) is 0 Å². The van der Waals surface area contributed by atoms with E-state index < -0.39 is 6.16 Å². The fraction of sp³-hybridized carbons (Fsp3) is 0.450. The molecule has 1 saturated heterocycles. The molecule has 154 valence electrons. The molecule has 8 heteroatoms. The predicted molar refractivity (Wildman–Crippen MR) is 107 cm³/mol. The Labute approximate surface area is 168 Å². The second-order valence-electron chi connectivity index (χ2n) is 6.35. The fourth-order valence-electron chi connectivity index (χ4n) is 2.96. The van der Waals surface area contributed by atoms with E-state index in [0.29, 0.717) is 26.4 Å². The summed E-state index contributed by atoms with van der Waals surface area (Å²) in [6, 6.07) is 12.3. The quantitative estimate of drug-likeness (QED) is 0.495. The lowest BCUT2D eigenvalue weighted by Crippen LogP contribution is -2.39. The van der Waals surface area contributed by atoms with Gasteiger partial charge in [-0.1, -0.05) is 18.2 Å². The third-order valence-corrected chi connectivity index (χ3v) is 5.13. The van der Waals surface area contributed by atoms with Gasteiger partial charge in [0.2, 0.25) is 0 Å². The van der Waals surface area contributed by atoms with Gasteiger partial charge in [0, 0.05) is 23.8 Å². The Morgan fingerprint density at radius 2 is 1.93 bits per heavy atom. The minimum absolute atomic E-state index is 0.228. The van der Waals surface area contributed by atoms with Crippen LogP contribution in [0.15, 0.2) is 41.8 Å². The van der Waals surface area contributed by atoms with Gasteiger partial charge >= 0.3 is 6.16 Å². The number of aliphatic hydroxyl groups excluding tert-OH is 1. The number of benzene rings is 1. The van der Waals surface area contributed by atoms with E-state index in [1.807, 2.05) is 18.2 Å². The fourth-order valence-corrected chi connectivity index (χ4v) is 3.60. The highest BCUT2D eigenvalue weighted by Crippen LogP contribution is 2.27. The number of carbonyl (C=O) groups is 1. The van der Waals surface area contributed by atoms with Crippen LogP contribution in [0.3, 0.4) is 0 Å². The summed E-state index contributed by atoms with van der Waals surface area (Å²) in [6.45, 7) is 3.68. The predicted octanol–water partition coefficient (Wildman–Crippen LogP) is 3.39. The van der Waals surface area contributed by atoms with Crippen LogP contribution < -0.4 is 10.1 Å². The number of piperidine rings is 1. The maximum Gasteiger partial charge on any atom is 0.503 e. The van der Waals surface area contributed by atoms with E-state index >= 15 is 0 Å². The summed E-state index contributed by atoms with van der Waals surface area (Å²) >= 11 is 1.72. The van der Waals surface area contributed by atoms with E-state index in [2.05, 4.69) is 28.9 Å². The highest BCUT2D eigenvalue weighted by molar-refractivity contribution is 7.09. The Kier molecular flexibility index (Phi) is 9.78. The van der Waals surface area contributed by atoms with E-state index in [1.54, 1.807) is 11.3 Å². The van der Waals surface area contributed by atoms with Gasteiger partial charge in [-0.2, -0.15) is 0 Å². The van der Waals surface area contributed by atoms with Gasteiger partial charge in [-0.15, -0.1) is 11.3 Å². The van der Waals surface area contributed by atoms with Crippen molar-refractivity contribution in [2.24, 2.45) is 0 Å². The normalized spacial score (nSPS) is 18.8. The Morgan fingerprint density at radius 3 is 2.57 bits per heavy atom. The number of thiophene rings is 1. The van der Waals surface area contributed by atoms with Crippen molar-refractivity contribution >= 4 is 17.5 Å². The molecule has 0 aliphatic carbocycles. The first-order chi connectivity index (χ1) is 13.6. The first kappa shape index (κ1) is 22.2. The minimum Gasteiger partial charge on any atom is -0.494 e. The van der Waals surface area contributed by atoms with Crippen molar-refractivity contribution in [3.05, 3.63) is 52.2 Å². The van der Waals surface area contributed by atoms with Gasteiger partial charge in [-0.25, -0.2) is 4.79 Å². The van der Waals surface area contributed by atoms with Crippen molar-refractivity contribution in [1.29, 1.82) is 0 Å². The number of hydrogen-bond donors (Lipinski definition) is 4. The van der Waals surface area contributed by atoms with Crippen LogP contribution in [0.1, 0.15) is 29.2 Å². The summed E-state index contributed by atoms with van der Waals surface area (Å²) < 4.78 is 11.4. The zero-order valence-corrected chi connectivity index (χ0v) is 16.4. The molecule has 0 amide bonds. The molecule has 0 radical (unpaired) electrons. The average molecular weight is 410 g/mol. The molecule has 2 atom stereocenters. The first-order valence-electron chi connectivity index (χ1n) is 9.20. The Bertz CT molecular complexity index is 673. The summed E-state index contributed by atoms with van der Waals surface area (Å²) in [5, 5.41) is 29.3. The van der Waals surface area contributed by atoms with Gasteiger partial charge in [0.05, 0.1) is 25.9 Å². The van der Waals surface area contributed by atoms with Crippen LogP contribution in [0.4, 0.5) is 4.79 Å². The monoisotopic (exact) mass is 409 g/mol. The molecule has 2 unspecified atom stereocenters. The number of carboxylic acid groups (broad SMARTS) is 2. The standard InChI is InChI=1S/C19H25NO3S.CH2O3/c21-19-13-20-9-8-18(19)15-4-6-16(7-5-15)23-11-2-10-22-14-17-3-1-12-24-17;2-1(3)4/h1,3-7,12,18-21H,2,8-11,13-14H2;(H2,2,3,4). The summed E-state index contributed by atoms with van der Waals surface area (Å²) in [7, 11) is 0. The van der Waals surface area contributed by atoms with Crippen LogP contribution in [0.25, 0.3) is 0 Å². The topological polar surface area (TPSA) is 108 Å². The van der Waals surface area contributed by atoms with Gasteiger partial charge in [0.1, 0.15) is 5.75 Å². The third-order valence-electron chi connectivity index (χ3n) is 4.28. The molecule has 7 nitrogen and oxygen atoms in total. The summed E-state index contributed by atoms with van der Waals surface area (Å²) in [5.41, 5.74) is 1.19. The molecule has 1 aliphatic heterocycles. The molecule has 1 aromatic heterocycles. The smallest absolute Gasteiger partial charge is 0.494 e. The molecule has 4 N–H and O–H groups in total. The van der Waals surface area contributed by atoms with E-state index in [4.69, 9.17) is 24.5 Å². The van der Waals surface area contributed by atoms with Gasteiger partial charge < -0.3 is 30.1 Å². The largest absolute Gasteiger partial charge is 0.503 e. The lowest BCUT2D eigenvalue weighted by molar-refractivity contribution is 0.109. The number of aliphatic hydroxyl groups is 1.